The molecule has 1 aliphatic rings. The van der Waals surface area contributed by atoms with Gasteiger partial charge in [-0.1, -0.05) is 13.3 Å². The van der Waals surface area contributed by atoms with Crippen LogP contribution in [0, 0.1) is 5.92 Å². The molecule has 0 spiro atoms. The molecule has 1 aromatic heterocycles. The van der Waals surface area contributed by atoms with Crippen LogP contribution >= 0.6 is 0 Å². The molecule has 0 aliphatic heterocycles. The molecule has 2 unspecified atom stereocenters. The monoisotopic (exact) mass is 251 g/mol. The molecule has 0 bridgehead atoms. The summed E-state index contributed by atoms with van der Waals surface area (Å²) < 4.78 is 5.72. The molecule has 0 amide bonds. The summed E-state index contributed by atoms with van der Waals surface area (Å²) in [5, 5.41) is 0. The highest BCUT2D eigenvalue weighted by Crippen LogP contribution is 2.40. The first kappa shape index (κ1) is 13.2. The topological polar surface area (TPSA) is 81.0 Å². The lowest BCUT2D eigenvalue weighted by molar-refractivity contribution is -0.0649. The molecule has 3 N–H and O–H groups in total. The number of nitrogens with zero attached hydrogens (tertiary/aromatic N) is 1. The molecule has 0 radical (unpaired) electrons. The molecule has 1 fully saturated rings. The van der Waals surface area contributed by atoms with E-state index in [1.54, 1.807) is 7.11 Å². The van der Waals surface area contributed by atoms with Crippen molar-refractivity contribution in [1.29, 1.82) is 0 Å². The highest BCUT2D eigenvalue weighted by molar-refractivity contribution is 5.10. The van der Waals surface area contributed by atoms with Crippen LogP contribution in [0.1, 0.15) is 44.1 Å². The number of aromatic nitrogens is 2. The Morgan fingerprint density at radius 3 is 3.06 bits per heavy atom. The van der Waals surface area contributed by atoms with Crippen LogP contribution in [0.2, 0.25) is 0 Å². The normalized spacial score (nSPS) is 28.3. The molecule has 0 aromatic carbocycles. The van der Waals surface area contributed by atoms with Crippen molar-refractivity contribution in [3.05, 3.63) is 27.9 Å². The molecule has 100 valence electrons. The summed E-state index contributed by atoms with van der Waals surface area (Å²) in [6.45, 7) is 2.48. The lowest BCUT2D eigenvalue weighted by Crippen LogP contribution is -2.38. The number of aromatic amines is 1. The maximum absolute atomic E-state index is 11.6. The lowest BCUT2D eigenvalue weighted by atomic mass is 9.78. The summed E-state index contributed by atoms with van der Waals surface area (Å²) in [5.74, 6) is 1.20. The number of rotatable bonds is 3. The van der Waals surface area contributed by atoms with E-state index in [-0.39, 0.29) is 12.1 Å². The minimum atomic E-state index is -0.456. The summed E-state index contributed by atoms with van der Waals surface area (Å²) in [5.41, 5.74) is 5.57. The van der Waals surface area contributed by atoms with Gasteiger partial charge in [0.05, 0.1) is 5.69 Å². The summed E-state index contributed by atoms with van der Waals surface area (Å²) in [4.78, 5) is 18.9. The lowest BCUT2D eigenvalue weighted by Gasteiger charge is -2.37. The summed E-state index contributed by atoms with van der Waals surface area (Å²) in [6, 6.07) is 1.44. The van der Waals surface area contributed by atoms with Crippen molar-refractivity contribution < 1.29 is 4.74 Å². The number of nitrogens with two attached hydrogens (primary N) is 1. The van der Waals surface area contributed by atoms with E-state index < -0.39 is 5.60 Å². The Labute approximate surface area is 107 Å². The molecule has 18 heavy (non-hydrogen) atoms. The summed E-state index contributed by atoms with van der Waals surface area (Å²) in [7, 11) is 1.69. The molecule has 1 saturated carbocycles. The van der Waals surface area contributed by atoms with Crippen molar-refractivity contribution in [2.75, 3.05) is 7.11 Å². The molecule has 1 aliphatic carbocycles. The predicted octanol–water partition coefficient (Wildman–Crippen LogP) is 1.28. The van der Waals surface area contributed by atoms with Gasteiger partial charge < -0.3 is 15.5 Å². The number of nitrogens with one attached hydrogen (secondary N) is 1. The van der Waals surface area contributed by atoms with Gasteiger partial charge in [-0.05, 0) is 25.2 Å². The highest BCUT2D eigenvalue weighted by Gasteiger charge is 2.39. The second kappa shape index (κ2) is 5.20. The van der Waals surface area contributed by atoms with Gasteiger partial charge >= 0.3 is 0 Å². The fraction of sp³-hybridized carbons (Fsp3) is 0.692. The van der Waals surface area contributed by atoms with Crippen LogP contribution in [0.15, 0.2) is 10.9 Å². The maximum atomic E-state index is 11.6. The standard InChI is InChI=1S/C13H21N3O2/c1-9-4-3-5-13(7-9,18-2)12-15-10(8-14)6-11(17)16-12/h6,9H,3-5,7-8,14H2,1-2H3,(H,15,16,17). The van der Waals surface area contributed by atoms with E-state index >= 15 is 0 Å². The Kier molecular flexibility index (Phi) is 3.82. The minimum absolute atomic E-state index is 0.157. The van der Waals surface area contributed by atoms with Crippen molar-refractivity contribution in [2.45, 2.75) is 44.8 Å². The highest BCUT2D eigenvalue weighted by atomic mass is 16.5. The van der Waals surface area contributed by atoms with Crippen LogP contribution in [-0.2, 0) is 16.9 Å². The van der Waals surface area contributed by atoms with Crippen LogP contribution in [-0.4, -0.2) is 17.1 Å². The zero-order valence-electron chi connectivity index (χ0n) is 11.0. The van der Waals surface area contributed by atoms with Gasteiger partial charge in [0.25, 0.3) is 5.56 Å². The van der Waals surface area contributed by atoms with Gasteiger partial charge in [0.15, 0.2) is 0 Å². The van der Waals surface area contributed by atoms with E-state index in [4.69, 9.17) is 10.5 Å². The third-order valence-electron chi connectivity index (χ3n) is 3.78. The fourth-order valence-corrected chi connectivity index (χ4v) is 2.83. The first-order valence-corrected chi connectivity index (χ1v) is 6.45. The molecule has 2 atom stereocenters. The third kappa shape index (κ3) is 2.47. The molecule has 2 rings (SSSR count). The summed E-state index contributed by atoms with van der Waals surface area (Å²) in [6.07, 6.45) is 4.07. The van der Waals surface area contributed by atoms with Gasteiger partial charge in [-0.3, -0.25) is 4.79 Å². The molecule has 1 heterocycles. The Hall–Kier alpha value is -1.20. The average molecular weight is 251 g/mol. The molecule has 5 heteroatoms. The van der Waals surface area contributed by atoms with Crippen LogP contribution in [0.25, 0.3) is 0 Å². The van der Waals surface area contributed by atoms with Gasteiger partial charge in [0.1, 0.15) is 11.4 Å². The number of ether oxygens (including phenoxy) is 1. The zero-order valence-corrected chi connectivity index (χ0v) is 11.0. The first-order valence-electron chi connectivity index (χ1n) is 6.45. The van der Waals surface area contributed by atoms with Crippen LogP contribution in [0.5, 0.6) is 0 Å². The van der Waals surface area contributed by atoms with E-state index in [0.717, 1.165) is 19.3 Å². The first-order chi connectivity index (χ1) is 8.59. The quantitative estimate of drug-likeness (QED) is 0.848. The molecular formula is C13H21N3O2. The second-order valence-corrected chi connectivity index (χ2v) is 5.19. The Morgan fingerprint density at radius 2 is 2.44 bits per heavy atom. The maximum Gasteiger partial charge on any atom is 0.251 e. The molecule has 0 saturated heterocycles. The Morgan fingerprint density at radius 1 is 1.67 bits per heavy atom. The number of methoxy groups -OCH3 is 1. The third-order valence-corrected chi connectivity index (χ3v) is 3.78. The van der Waals surface area contributed by atoms with Crippen LogP contribution in [0.3, 0.4) is 0 Å². The van der Waals surface area contributed by atoms with Crippen LogP contribution in [0.4, 0.5) is 0 Å². The Balaban J connectivity index is 2.43. The smallest absolute Gasteiger partial charge is 0.251 e. The fourth-order valence-electron chi connectivity index (χ4n) is 2.83. The van der Waals surface area contributed by atoms with Crippen molar-refractivity contribution in [2.24, 2.45) is 11.7 Å². The predicted molar refractivity (Wildman–Crippen MR) is 69.1 cm³/mol. The van der Waals surface area contributed by atoms with Crippen molar-refractivity contribution in [1.82, 2.24) is 9.97 Å². The summed E-state index contributed by atoms with van der Waals surface area (Å²) >= 11 is 0. The van der Waals surface area contributed by atoms with E-state index in [2.05, 4.69) is 16.9 Å². The van der Waals surface area contributed by atoms with E-state index in [1.165, 1.54) is 12.5 Å². The van der Waals surface area contributed by atoms with Crippen molar-refractivity contribution in [3.63, 3.8) is 0 Å². The van der Waals surface area contributed by atoms with E-state index in [9.17, 15) is 4.79 Å². The van der Waals surface area contributed by atoms with E-state index in [0.29, 0.717) is 17.4 Å². The van der Waals surface area contributed by atoms with Gasteiger partial charge in [-0.2, -0.15) is 0 Å². The average Bonchev–Trinajstić information content (AvgIpc) is 2.37. The van der Waals surface area contributed by atoms with Gasteiger partial charge in [-0.25, -0.2) is 4.98 Å². The molecule has 1 aromatic rings. The van der Waals surface area contributed by atoms with Crippen LogP contribution < -0.4 is 11.3 Å². The molecular weight excluding hydrogens is 230 g/mol. The second-order valence-electron chi connectivity index (χ2n) is 5.19. The zero-order chi connectivity index (χ0) is 13.2. The van der Waals surface area contributed by atoms with Gasteiger partial charge in [0, 0.05) is 19.7 Å². The van der Waals surface area contributed by atoms with Crippen molar-refractivity contribution in [3.8, 4) is 0 Å². The number of hydrogen-bond acceptors (Lipinski definition) is 4. The largest absolute Gasteiger partial charge is 0.370 e. The molecule has 5 nitrogen and oxygen atoms in total. The number of H-pyrrole nitrogens is 1. The SMILES string of the molecule is COC1(c2nc(CN)cc(=O)[nH]2)CCCC(C)C1. The van der Waals surface area contributed by atoms with Crippen molar-refractivity contribution >= 4 is 0 Å². The van der Waals surface area contributed by atoms with Gasteiger partial charge in [-0.15, -0.1) is 0 Å². The minimum Gasteiger partial charge on any atom is -0.370 e. The Bertz CT molecular complexity index is 472. The number of hydrogen-bond donors (Lipinski definition) is 2. The van der Waals surface area contributed by atoms with E-state index in [1.807, 2.05) is 0 Å². The van der Waals surface area contributed by atoms with Gasteiger partial charge in [0.2, 0.25) is 0 Å².